The van der Waals surface area contributed by atoms with Crippen molar-refractivity contribution in [3.05, 3.63) is 11.6 Å². The first-order valence-electron chi connectivity index (χ1n) is 16.9. The molecule has 0 unspecified atom stereocenters. The summed E-state index contributed by atoms with van der Waals surface area (Å²) in [6, 6.07) is 0. The molecule has 0 aromatic carbocycles. The second kappa shape index (κ2) is 11.8. The number of likely N-dealkylation sites (tertiary alicyclic amines) is 1. The molecule has 3 saturated carbocycles. The highest BCUT2D eigenvalue weighted by atomic mass is 16.6. The van der Waals surface area contributed by atoms with E-state index in [1.54, 1.807) is 5.57 Å². The van der Waals surface area contributed by atoms with Gasteiger partial charge in [0.1, 0.15) is 5.60 Å². The average Bonchev–Trinajstić information content (AvgIpc) is 3.27. The summed E-state index contributed by atoms with van der Waals surface area (Å²) in [6.07, 6.45) is 15.2. The molecule has 4 fully saturated rings. The highest BCUT2D eigenvalue weighted by Crippen LogP contribution is 2.67. The molecule has 2 amide bonds. The minimum Gasteiger partial charge on any atom is -0.444 e. The van der Waals surface area contributed by atoms with Crippen LogP contribution >= 0.6 is 0 Å². The van der Waals surface area contributed by atoms with Gasteiger partial charge in [-0.1, -0.05) is 32.4 Å². The van der Waals surface area contributed by atoms with Gasteiger partial charge in [0.2, 0.25) is 5.91 Å². The Morgan fingerprint density at radius 2 is 1.80 bits per heavy atom. The molecule has 4 aliphatic carbocycles. The summed E-state index contributed by atoms with van der Waals surface area (Å²) >= 11 is 0. The van der Waals surface area contributed by atoms with Crippen LogP contribution in [-0.2, 0) is 9.53 Å². The molecule has 0 spiro atoms. The fraction of sp³-hybridized carbons (Fsp3) is 0.886. The monoisotopic (exact) mass is 570 g/mol. The van der Waals surface area contributed by atoms with Gasteiger partial charge < -0.3 is 20.1 Å². The van der Waals surface area contributed by atoms with E-state index in [0.29, 0.717) is 41.5 Å². The molecule has 1 aliphatic heterocycles. The van der Waals surface area contributed by atoms with Crippen LogP contribution < -0.4 is 5.32 Å². The molecule has 5 rings (SSSR count). The number of ether oxygens (including phenoxy) is 1. The van der Waals surface area contributed by atoms with Crippen molar-refractivity contribution in [3.63, 3.8) is 0 Å². The Labute approximate surface area is 249 Å². The topological polar surface area (TPSA) is 78.9 Å². The van der Waals surface area contributed by atoms with Crippen LogP contribution in [0.2, 0.25) is 0 Å². The molecular weight excluding hydrogens is 512 g/mol. The number of amides is 2. The fourth-order valence-electron chi connectivity index (χ4n) is 10.3. The second-order valence-corrected chi connectivity index (χ2v) is 16.1. The van der Waals surface area contributed by atoms with Crippen molar-refractivity contribution in [1.82, 2.24) is 10.2 Å². The van der Waals surface area contributed by atoms with Gasteiger partial charge in [-0.05, 0) is 138 Å². The van der Waals surface area contributed by atoms with E-state index in [4.69, 9.17) is 4.74 Å². The molecule has 1 saturated heterocycles. The van der Waals surface area contributed by atoms with Crippen molar-refractivity contribution in [2.45, 2.75) is 130 Å². The molecule has 0 bridgehead atoms. The van der Waals surface area contributed by atoms with E-state index in [2.05, 4.69) is 37.1 Å². The van der Waals surface area contributed by atoms with Crippen molar-refractivity contribution < 1.29 is 19.4 Å². The number of hydrogen-bond donors (Lipinski definition) is 2. The van der Waals surface area contributed by atoms with Gasteiger partial charge in [0.25, 0.3) is 0 Å². The van der Waals surface area contributed by atoms with E-state index in [1.807, 2.05) is 20.8 Å². The van der Waals surface area contributed by atoms with Crippen LogP contribution in [0.5, 0.6) is 0 Å². The number of allylic oxidation sites excluding steroid dienone is 1. The first kappa shape index (κ1) is 30.9. The van der Waals surface area contributed by atoms with Crippen molar-refractivity contribution in [2.24, 2.45) is 46.3 Å². The van der Waals surface area contributed by atoms with Crippen LogP contribution in [0.3, 0.4) is 0 Å². The Balaban J connectivity index is 1.09. The van der Waals surface area contributed by atoms with Crippen LogP contribution in [0, 0.1) is 46.3 Å². The van der Waals surface area contributed by atoms with Gasteiger partial charge in [0.15, 0.2) is 0 Å². The molecule has 6 heteroatoms. The van der Waals surface area contributed by atoms with E-state index in [9.17, 15) is 14.7 Å². The van der Waals surface area contributed by atoms with Gasteiger partial charge in [-0.25, -0.2) is 4.79 Å². The van der Waals surface area contributed by atoms with Crippen molar-refractivity contribution in [3.8, 4) is 0 Å². The average molecular weight is 571 g/mol. The molecule has 0 aromatic rings. The summed E-state index contributed by atoms with van der Waals surface area (Å²) in [5.74, 6) is 4.40. The van der Waals surface area contributed by atoms with Crippen molar-refractivity contribution >= 4 is 12.0 Å². The highest BCUT2D eigenvalue weighted by Gasteiger charge is 2.59. The minimum atomic E-state index is -0.483. The van der Waals surface area contributed by atoms with E-state index < -0.39 is 5.60 Å². The molecular formula is C35H58N2O4. The largest absolute Gasteiger partial charge is 0.444 e. The number of hydrogen-bond acceptors (Lipinski definition) is 4. The predicted octanol–water partition coefficient (Wildman–Crippen LogP) is 7.11. The standard InChI is InChI=1S/C35H58N2O4/c1-23(7-12-31(39)37-19-15-24(16-20-37)22-36-32(40)41-33(2,3)4)28-10-11-29-27-9-8-25-21-26(38)13-17-34(25,5)30(27)14-18-35(28,29)6/h8,23-24,26-30,38H,7,9-22H2,1-6H3,(H,36,40)/t23-,26+,27+,28-,29+,30+,34+,35-/m1/s1. The Morgan fingerprint density at radius 3 is 2.51 bits per heavy atom. The Morgan fingerprint density at radius 1 is 1.07 bits per heavy atom. The third-order valence-electron chi connectivity index (χ3n) is 12.6. The molecule has 2 N–H and O–H groups in total. The zero-order chi connectivity index (χ0) is 29.6. The number of nitrogens with one attached hydrogen (secondary N) is 1. The number of aliphatic hydroxyl groups excluding tert-OH is 1. The number of fused-ring (bicyclic) bond motifs is 5. The summed E-state index contributed by atoms with van der Waals surface area (Å²) in [6.45, 7) is 15.4. The van der Waals surface area contributed by atoms with Gasteiger partial charge in [-0.3, -0.25) is 4.79 Å². The third kappa shape index (κ3) is 6.38. The number of alkyl carbamates (subject to hydrolysis) is 1. The zero-order valence-electron chi connectivity index (χ0n) is 26.8. The quantitative estimate of drug-likeness (QED) is 0.334. The van der Waals surface area contributed by atoms with Gasteiger partial charge in [-0.2, -0.15) is 0 Å². The molecule has 41 heavy (non-hydrogen) atoms. The third-order valence-corrected chi connectivity index (χ3v) is 12.6. The molecule has 6 nitrogen and oxygen atoms in total. The maximum Gasteiger partial charge on any atom is 0.407 e. The lowest BCUT2D eigenvalue weighted by Crippen LogP contribution is -2.50. The summed E-state index contributed by atoms with van der Waals surface area (Å²) in [5.41, 5.74) is 1.78. The summed E-state index contributed by atoms with van der Waals surface area (Å²) in [4.78, 5) is 27.3. The fourth-order valence-corrected chi connectivity index (χ4v) is 10.3. The lowest BCUT2D eigenvalue weighted by atomic mass is 9.47. The molecule has 0 radical (unpaired) electrons. The number of carbonyl (C=O) groups is 2. The summed E-state index contributed by atoms with van der Waals surface area (Å²) in [7, 11) is 0. The number of piperidine rings is 1. The smallest absolute Gasteiger partial charge is 0.407 e. The van der Waals surface area contributed by atoms with Gasteiger partial charge in [0.05, 0.1) is 6.10 Å². The second-order valence-electron chi connectivity index (χ2n) is 16.1. The van der Waals surface area contributed by atoms with E-state index >= 15 is 0 Å². The molecule has 8 atom stereocenters. The number of rotatable bonds is 6. The normalized spacial score (nSPS) is 38.3. The number of nitrogens with zero attached hydrogens (tertiary/aromatic N) is 1. The van der Waals surface area contributed by atoms with Crippen LogP contribution in [0.4, 0.5) is 4.79 Å². The van der Waals surface area contributed by atoms with Crippen LogP contribution in [-0.4, -0.2) is 53.3 Å². The van der Waals surface area contributed by atoms with Gasteiger partial charge >= 0.3 is 6.09 Å². The maximum absolute atomic E-state index is 13.2. The van der Waals surface area contributed by atoms with Crippen LogP contribution in [0.15, 0.2) is 11.6 Å². The predicted molar refractivity (Wildman–Crippen MR) is 163 cm³/mol. The number of carbonyl (C=O) groups excluding carboxylic acids is 2. The Bertz CT molecular complexity index is 995. The van der Waals surface area contributed by atoms with Crippen LogP contribution in [0.25, 0.3) is 0 Å². The molecule has 1 heterocycles. The Kier molecular flexibility index (Phi) is 8.92. The summed E-state index contributed by atoms with van der Waals surface area (Å²) in [5, 5.41) is 13.2. The molecule has 5 aliphatic rings. The highest BCUT2D eigenvalue weighted by molar-refractivity contribution is 5.76. The van der Waals surface area contributed by atoms with E-state index in [-0.39, 0.29) is 12.2 Å². The van der Waals surface area contributed by atoms with E-state index in [1.165, 1.54) is 32.1 Å². The van der Waals surface area contributed by atoms with Crippen molar-refractivity contribution in [2.75, 3.05) is 19.6 Å². The Hall–Kier alpha value is -1.56. The lowest BCUT2D eigenvalue weighted by Gasteiger charge is -2.58. The first-order chi connectivity index (χ1) is 19.3. The lowest BCUT2D eigenvalue weighted by molar-refractivity contribution is -0.133. The zero-order valence-corrected chi connectivity index (χ0v) is 26.8. The van der Waals surface area contributed by atoms with E-state index in [0.717, 1.165) is 75.3 Å². The molecule has 0 aromatic heterocycles. The van der Waals surface area contributed by atoms with Gasteiger partial charge in [0, 0.05) is 26.1 Å². The summed E-state index contributed by atoms with van der Waals surface area (Å²) < 4.78 is 5.35. The minimum absolute atomic E-state index is 0.133. The van der Waals surface area contributed by atoms with Gasteiger partial charge in [-0.15, -0.1) is 0 Å². The number of aliphatic hydroxyl groups is 1. The first-order valence-corrected chi connectivity index (χ1v) is 16.9. The maximum atomic E-state index is 13.2. The molecule has 232 valence electrons. The SMILES string of the molecule is C[C@H](CCC(=O)N1CCC(CNC(=O)OC(C)(C)C)CC1)[C@H]1CC[C@H]2[C@@H]3CC=C4C[C@@H](O)CC[C@]4(C)[C@H]3CC[C@]12C. The van der Waals surface area contributed by atoms with Crippen molar-refractivity contribution in [1.29, 1.82) is 0 Å². The van der Waals surface area contributed by atoms with Crippen LogP contribution in [0.1, 0.15) is 119 Å².